The smallest absolute Gasteiger partial charge is 0.363 e. The van der Waals surface area contributed by atoms with E-state index in [-0.39, 0.29) is 18.2 Å². The van der Waals surface area contributed by atoms with Crippen molar-refractivity contribution >= 4 is 79.7 Å². The van der Waals surface area contributed by atoms with Crippen molar-refractivity contribution in [2.24, 2.45) is 4.99 Å². The van der Waals surface area contributed by atoms with Gasteiger partial charge in [0.2, 0.25) is 5.90 Å². The van der Waals surface area contributed by atoms with Crippen molar-refractivity contribution in [2.75, 3.05) is 6.61 Å². The van der Waals surface area contributed by atoms with Crippen molar-refractivity contribution in [3.05, 3.63) is 95.1 Å². The van der Waals surface area contributed by atoms with E-state index in [0.717, 1.165) is 14.7 Å². The summed E-state index contributed by atoms with van der Waals surface area (Å²) in [6, 6.07) is 16.5. The zero-order chi connectivity index (χ0) is 24.2. The van der Waals surface area contributed by atoms with Gasteiger partial charge in [-0.1, -0.05) is 29.3 Å². The molecule has 9 heteroatoms. The lowest BCUT2D eigenvalue weighted by atomic mass is 10.1. The molecule has 1 aliphatic rings. The second-order valence-corrected chi connectivity index (χ2v) is 10.1. The molecule has 0 bridgehead atoms. The van der Waals surface area contributed by atoms with Gasteiger partial charge in [-0.2, -0.15) is 0 Å². The van der Waals surface area contributed by atoms with Crippen LogP contribution in [-0.4, -0.2) is 18.5 Å². The van der Waals surface area contributed by atoms with Crippen LogP contribution in [0.5, 0.6) is 11.5 Å². The van der Waals surface area contributed by atoms with Crippen LogP contribution >= 0.6 is 61.7 Å². The number of cyclic esters (lactones) is 1. The van der Waals surface area contributed by atoms with E-state index in [2.05, 4.69) is 43.5 Å². The molecule has 3 aromatic rings. The molecule has 0 atom stereocenters. The van der Waals surface area contributed by atoms with E-state index in [0.29, 0.717) is 38.2 Å². The molecule has 0 radical (unpaired) electrons. The highest BCUT2D eigenvalue weighted by Gasteiger charge is 2.24. The van der Waals surface area contributed by atoms with Crippen LogP contribution in [0.1, 0.15) is 23.6 Å². The van der Waals surface area contributed by atoms with E-state index in [4.69, 9.17) is 37.4 Å². The Bertz CT molecular complexity index is 1310. The molecule has 0 saturated carbocycles. The SMILES string of the molecule is CCOc1cc(/C=C2\N=C(c3ccc(I)cc3)OC2=O)cc(Br)c1OCc1ccc(Cl)c(Cl)c1. The van der Waals surface area contributed by atoms with Gasteiger partial charge in [-0.05, 0) is 111 Å². The summed E-state index contributed by atoms with van der Waals surface area (Å²) < 4.78 is 18.9. The molecule has 4 rings (SSSR count). The molecular weight excluding hydrogens is 656 g/mol. The molecule has 3 aromatic carbocycles. The second kappa shape index (κ2) is 11.1. The van der Waals surface area contributed by atoms with Gasteiger partial charge in [0.05, 0.1) is 21.1 Å². The summed E-state index contributed by atoms with van der Waals surface area (Å²) in [5, 5.41) is 0.944. The van der Waals surface area contributed by atoms with Crippen LogP contribution in [0.25, 0.3) is 6.08 Å². The third-order valence-electron chi connectivity index (χ3n) is 4.71. The van der Waals surface area contributed by atoms with E-state index in [1.807, 2.05) is 43.3 Å². The molecule has 0 N–H and O–H groups in total. The minimum atomic E-state index is -0.512. The monoisotopic (exact) mass is 671 g/mol. The maximum absolute atomic E-state index is 12.4. The minimum Gasteiger partial charge on any atom is -0.490 e. The largest absolute Gasteiger partial charge is 0.490 e. The Hall–Kier alpha value is -2.07. The molecule has 1 aliphatic heterocycles. The number of hydrogen-bond donors (Lipinski definition) is 0. The first-order chi connectivity index (χ1) is 16.3. The van der Waals surface area contributed by atoms with Crippen LogP contribution in [0.2, 0.25) is 10.0 Å². The number of ether oxygens (including phenoxy) is 3. The van der Waals surface area contributed by atoms with Gasteiger partial charge >= 0.3 is 5.97 Å². The Morgan fingerprint density at radius 2 is 1.82 bits per heavy atom. The zero-order valence-electron chi connectivity index (χ0n) is 17.8. The second-order valence-electron chi connectivity index (χ2n) is 7.14. The van der Waals surface area contributed by atoms with Gasteiger partial charge in [0.15, 0.2) is 17.2 Å². The number of carbonyl (C=O) groups excluding carboxylic acids is 1. The first-order valence-corrected chi connectivity index (χ1v) is 12.8. The Morgan fingerprint density at radius 1 is 1.06 bits per heavy atom. The van der Waals surface area contributed by atoms with Crippen LogP contribution < -0.4 is 9.47 Å². The zero-order valence-corrected chi connectivity index (χ0v) is 23.0. The third kappa shape index (κ3) is 5.94. The van der Waals surface area contributed by atoms with Crippen LogP contribution in [0.15, 0.2) is 69.8 Å². The molecule has 5 nitrogen and oxygen atoms in total. The molecule has 0 fully saturated rings. The standard InChI is InChI=1S/C25H17BrCl2INO4/c1-2-32-22-12-15(9-18(26)23(22)33-13-14-3-8-19(27)20(28)10-14)11-21-25(31)34-24(30-21)16-4-6-17(29)7-5-16/h3-12H,2,13H2,1H3/b21-11-. The molecule has 1 heterocycles. The average Bonchev–Trinajstić information content (AvgIpc) is 3.16. The summed E-state index contributed by atoms with van der Waals surface area (Å²) in [6.07, 6.45) is 1.65. The van der Waals surface area contributed by atoms with Gasteiger partial charge in [0, 0.05) is 9.13 Å². The van der Waals surface area contributed by atoms with Crippen LogP contribution in [0.4, 0.5) is 0 Å². The fourth-order valence-electron chi connectivity index (χ4n) is 3.14. The van der Waals surface area contributed by atoms with Gasteiger partial charge in [-0.3, -0.25) is 0 Å². The highest BCUT2D eigenvalue weighted by atomic mass is 127. The first kappa shape index (κ1) is 25.0. The van der Waals surface area contributed by atoms with Gasteiger partial charge in [0.1, 0.15) is 6.61 Å². The Labute approximate surface area is 229 Å². The van der Waals surface area contributed by atoms with Crippen molar-refractivity contribution < 1.29 is 19.0 Å². The fraction of sp³-hybridized carbons (Fsp3) is 0.120. The van der Waals surface area contributed by atoms with Gasteiger partial charge in [-0.25, -0.2) is 9.79 Å². The van der Waals surface area contributed by atoms with E-state index < -0.39 is 5.97 Å². The van der Waals surface area contributed by atoms with Gasteiger partial charge < -0.3 is 14.2 Å². The number of hydrogen-bond acceptors (Lipinski definition) is 5. The van der Waals surface area contributed by atoms with Crippen LogP contribution in [0, 0.1) is 3.57 Å². The number of rotatable bonds is 7. The average molecular weight is 673 g/mol. The number of esters is 1. The molecule has 0 aliphatic carbocycles. The Balaban J connectivity index is 1.60. The first-order valence-electron chi connectivity index (χ1n) is 10.2. The van der Waals surface area contributed by atoms with Crippen molar-refractivity contribution in [3.8, 4) is 11.5 Å². The van der Waals surface area contributed by atoms with Crippen molar-refractivity contribution in [1.82, 2.24) is 0 Å². The Kier molecular flexibility index (Phi) is 8.18. The van der Waals surface area contributed by atoms with E-state index in [1.165, 1.54) is 0 Å². The minimum absolute atomic E-state index is 0.201. The number of nitrogens with zero attached hydrogens (tertiary/aromatic N) is 1. The molecule has 0 saturated heterocycles. The highest BCUT2D eigenvalue weighted by Crippen LogP contribution is 2.38. The molecule has 0 aromatic heterocycles. The summed E-state index contributed by atoms with van der Waals surface area (Å²) >= 11 is 17.9. The maximum Gasteiger partial charge on any atom is 0.363 e. The lowest BCUT2D eigenvalue weighted by Gasteiger charge is -2.15. The lowest BCUT2D eigenvalue weighted by molar-refractivity contribution is -0.129. The number of carbonyl (C=O) groups is 1. The van der Waals surface area contributed by atoms with E-state index >= 15 is 0 Å². The van der Waals surface area contributed by atoms with Crippen molar-refractivity contribution in [1.29, 1.82) is 0 Å². The molecular formula is C25H17BrCl2INO4. The Morgan fingerprint density at radius 3 is 2.53 bits per heavy atom. The van der Waals surface area contributed by atoms with E-state index in [9.17, 15) is 4.79 Å². The molecule has 0 unspecified atom stereocenters. The molecule has 34 heavy (non-hydrogen) atoms. The van der Waals surface area contributed by atoms with E-state index in [1.54, 1.807) is 24.3 Å². The predicted octanol–water partition coefficient (Wildman–Crippen LogP) is 7.68. The van der Waals surface area contributed by atoms with Crippen molar-refractivity contribution in [2.45, 2.75) is 13.5 Å². The third-order valence-corrected chi connectivity index (χ3v) is 6.76. The number of benzene rings is 3. The molecule has 174 valence electrons. The fourth-order valence-corrected chi connectivity index (χ4v) is 4.40. The van der Waals surface area contributed by atoms with Crippen molar-refractivity contribution in [3.63, 3.8) is 0 Å². The highest BCUT2D eigenvalue weighted by molar-refractivity contribution is 14.1. The van der Waals surface area contributed by atoms with Crippen LogP contribution in [-0.2, 0) is 16.1 Å². The quantitative estimate of drug-likeness (QED) is 0.147. The number of halogens is 4. The van der Waals surface area contributed by atoms with Crippen LogP contribution in [0.3, 0.4) is 0 Å². The molecule has 0 spiro atoms. The summed E-state index contributed by atoms with van der Waals surface area (Å²) in [7, 11) is 0. The van der Waals surface area contributed by atoms with Gasteiger partial charge in [-0.15, -0.1) is 0 Å². The topological polar surface area (TPSA) is 57.1 Å². The summed E-state index contributed by atoms with van der Waals surface area (Å²) in [5.74, 6) is 0.824. The normalized spacial score (nSPS) is 14.2. The van der Waals surface area contributed by atoms with Gasteiger partial charge in [0.25, 0.3) is 0 Å². The summed E-state index contributed by atoms with van der Waals surface area (Å²) in [5.41, 5.74) is 2.50. The summed E-state index contributed by atoms with van der Waals surface area (Å²) in [4.78, 5) is 16.8. The summed E-state index contributed by atoms with van der Waals surface area (Å²) in [6.45, 7) is 2.59. The predicted molar refractivity (Wildman–Crippen MR) is 146 cm³/mol. The maximum atomic E-state index is 12.4. The lowest BCUT2D eigenvalue weighted by Crippen LogP contribution is -2.05. The molecule has 0 amide bonds. The number of aliphatic imine (C=N–C) groups is 1.